The van der Waals surface area contributed by atoms with Gasteiger partial charge < -0.3 is 0 Å². The van der Waals surface area contributed by atoms with Crippen LogP contribution >= 0.6 is 23.4 Å². The minimum absolute atomic E-state index is 0.703. The van der Waals surface area contributed by atoms with Gasteiger partial charge in [-0.15, -0.1) is 10.2 Å². The van der Waals surface area contributed by atoms with Crippen molar-refractivity contribution < 1.29 is 0 Å². The summed E-state index contributed by atoms with van der Waals surface area (Å²) in [6.07, 6.45) is 4.72. The molecule has 0 radical (unpaired) electrons. The number of hydrogen-bond acceptors (Lipinski definition) is 5. The summed E-state index contributed by atoms with van der Waals surface area (Å²) in [6.45, 7) is 3.93. The predicted molar refractivity (Wildman–Crippen MR) is 107 cm³/mol. The molecular weight excluding hydrogens is 366 g/mol. The number of benzene rings is 1. The molecule has 2 aromatic heterocycles. The highest BCUT2D eigenvalue weighted by molar-refractivity contribution is 7.98. The van der Waals surface area contributed by atoms with Crippen LogP contribution in [0.4, 0.5) is 0 Å². The van der Waals surface area contributed by atoms with Crippen molar-refractivity contribution in [2.45, 2.75) is 30.8 Å². The molecule has 0 fully saturated rings. The van der Waals surface area contributed by atoms with Crippen LogP contribution in [0.15, 0.2) is 53.9 Å². The normalized spacial score (nSPS) is 11.2. The van der Waals surface area contributed by atoms with Gasteiger partial charge in [-0.25, -0.2) is 0 Å². The Morgan fingerprint density at radius 1 is 1.15 bits per heavy atom. The Hall–Kier alpha value is -1.89. The number of thioether (sulfide) groups is 1. The number of nitrogens with zero attached hydrogens (tertiary/aromatic N) is 5. The Morgan fingerprint density at radius 3 is 2.69 bits per heavy atom. The molecular formula is C19H22ClN5S. The van der Waals surface area contributed by atoms with Crippen LogP contribution in [0.25, 0.3) is 5.69 Å². The van der Waals surface area contributed by atoms with Crippen molar-refractivity contribution >= 4 is 23.4 Å². The smallest absolute Gasteiger partial charge is 0.196 e. The van der Waals surface area contributed by atoms with E-state index in [0.717, 1.165) is 41.9 Å². The zero-order valence-electron chi connectivity index (χ0n) is 15.0. The average molecular weight is 388 g/mol. The Bertz CT molecular complexity index is 837. The summed E-state index contributed by atoms with van der Waals surface area (Å²) in [5, 5.41) is 10.5. The molecule has 0 aliphatic heterocycles. The molecule has 0 atom stereocenters. The first-order valence-electron chi connectivity index (χ1n) is 8.58. The lowest BCUT2D eigenvalue weighted by molar-refractivity contribution is 0.316. The summed E-state index contributed by atoms with van der Waals surface area (Å²) in [5.74, 6) is 1.73. The van der Waals surface area contributed by atoms with Gasteiger partial charge in [0.1, 0.15) is 0 Å². The van der Waals surface area contributed by atoms with E-state index in [4.69, 9.17) is 11.6 Å². The quantitative estimate of drug-likeness (QED) is 0.534. The second kappa shape index (κ2) is 9.16. The number of rotatable bonds is 8. The molecule has 0 spiro atoms. The molecule has 7 heteroatoms. The van der Waals surface area contributed by atoms with E-state index in [2.05, 4.69) is 38.6 Å². The van der Waals surface area contributed by atoms with E-state index >= 15 is 0 Å². The summed E-state index contributed by atoms with van der Waals surface area (Å²) in [6, 6.07) is 11.8. The molecule has 0 aliphatic carbocycles. The summed E-state index contributed by atoms with van der Waals surface area (Å²) >= 11 is 7.88. The molecule has 3 rings (SSSR count). The lowest BCUT2D eigenvalue weighted by Gasteiger charge is -2.16. The Kier molecular flexibility index (Phi) is 6.66. The van der Waals surface area contributed by atoms with E-state index in [9.17, 15) is 0 Å². The number of pyridine rings is 1. The van der Waals surface area contributed by atoms with E-state index in [1.165, 1.54) is 5.56 Å². The number of halogens is 1. The van der Waals surface area contributed by atoms with Crippen LogP contribution in [0.3, 0.4) is 0 Å². The fourth-order valence-electron chi connectivity index (χ4n) is 2.70. The molecule has 0 aliphatic rings. The monoisotopic (exact) mass is 387 g/mol. The van der Waals surface area contributed by atoms with Crippen LogP contribution < -0.4 is 0 Å². The Balaban J connectivity index is 1.89. The van der Waals surface area contributed by atoms with Crippen LogP contribution in [-0.2, 0) is 12.3 Å². The number of hydrogen-bond donors (Lipinski definition) is 0. The van der Waals surface area contributed by atoms with Gasteiger partial charge in [-0.3, -0.25) is 14.5 Å². The Labute approximate surface area is 163 Å². The highest BCUT2D eigenvalue weighted by Gasteiger charge is 2.16. The molecule has 0 saturated heterocycles. The molecule has 0 unspecified atom stereocenters. The van der Waals surface area contributed by atoms with Gasteiger partial charge in [-0.2, -0.15) is 0 Å². The largest absolute Gasteiger partial charge is 0.299 e. The van der Waals surface area contributed by atoms with Gasteiger partial charge in [0.05, 0.1) is 12.2 Å². The molecule has 3 aromatic rings. The lowest BCUT2D eigenvalue weighted by Crippen LogP contribution is -2.21. The summed E-state index contributed by atoms with van der Waals surface area (Å²) in [5.41, 5.74) is 2.19. The predicted octanol–water partition coefficient (Wildman–Crippen LogP) is 4.45. The second-order valence-corrected chi connectivity index (χ2v) is 7.47. The van der Waals surface area contributed by atoms with Gasteiger partial charge >= 0.3 is 0 Å². The summed E-state index contributed by atoms with van der Waals surface area (Å²) in [7, 11) is 2.10. The van der Waals surface area contributed by atoms with Gasteiger partial charge in [-0.1, -0.05) is 36.4 Å². The van der Waals surface area contributed by atoms with Gasteiger partial charge in [0.25, 0.3) is 0 Å². The van der Waals surface area contributed by atoms with Crippen molar-refractivity contribution in [1.82, 2.24) is 24.6 Å². The van der Waals surface area contributed by atoms with E-state index in [1.54, 1.807) is 11.8 Å². The standard InChI is InChI=1S/C19H22ClN5S/c1-3-11-24(2)13-18-22-23-19(26-14-15-7-9-21-10-8-15)25(18)17-6-4-5-16(20)12-17/h4-10,12H,3,11,13-14H2,1-2H3. The van der Waals surface area contributed by atoms with Gasteiger partial charge in [0.2, 0.25) is 0 Å². The van der Waals surface area contributed by atoms with Gasteiger partial charge in [0.15, 0.2) is 11.0 Å². The van der Waals surface area contributed by atoms with Crippen molar-refractivity contribution in [3.05, 3.63) is 65.2 Å². The molecule has 1 aromatic carbocycles. The van der Waals surface area contributed by atoms with Gasteiger partial charge in [-0.05, 0) is 55.9 Å². The van der Waals surface area contributed by atoms with Gasteiger partial charge in [0, 0.05) is 23.2 Å². The zero-order chi connectivity index (χ0) is 18.4. The van der Waals surface area contributed by atoms with Crippen molar-refractivity contribution in [2.75, 3.05) is 13.6 Å². The minimum Gasteiger partial charge on any atom is -0.299 e. The third-order valence-corrected chi connectivity index (χ3v) is 5.14. The molecule has 136 valence electrons. The summed E-state index contributed by atoms with van der Waals surface area (Å²) in [4.78, 5) is 6.32. The molecule has 5 nitrogen and oxygen atoms in total. The highest BCUT2D eigenvalue weighted by Crippen LogP contribution is 2.26. The van der Waals surface area contributed by atoms with E-state index in [0.29, 0.717) is 5.02 Å². The lowest BCUT2D eigenvalue weighted by atomic mass is 10.3. The molecule has 0 N–H and O–H groups in total. The van der Waals surface area contributed by atoms with Crippen LogP contribution in [0.2, 0.25) is 5.02 Å². The third-order valence-electron chi connectivity index (χ3n) is 3.90. The first-order chi connectivity index (χ1) is 12.7. The van der Waals surface area contributed by atoms with E-state index < -0.39 is 0 Å². The maximum Gasteiger partial charge on any atom is 0.196 e. The number of aromatic nitrogens is 4. The van der Waals surface area contributed by atoms with Crippen LogP contribution in [0, 0.1) is 0 Å². The van der Waals surface area contributed by atoms with Crippen LogP contribution in [0.5, 0.6) is 0 Å². The van der Waals surface area contributed by atoms with Crippen LogP contribution in [0.1, 0.15) is 24.7 Å². The first-order valence-corrected chi connectivity index (χ1v) is 9.94. The fourth-order valence-corrected chi connectivity index (χ4v) is 3.81. The highest BCUT2D eigenvalue weighted by atomic mass is 35.5. The SMILES string of the molecule is CCCN(C)Cc1nnc(SCc2ccncc2)n1-c1cccc(Cl)c1. The molecule has 0 saturated carbocycles. The van der Waals surface area contributed by atoms with Crippen molar-refractivity contribution in [2.24, 2.45) is 0 Å². The maximum absolute atomic E-state index is 6.22. The second-order valence-electron chi connectivity index (χ2n) is 6.10. The van der Waals surface area contributed by atoms with Crippen molar-refractivity contribution in [1.29, 1.82) is 0 Å². The molecule has 0 bridgehead atoms. The first kappa shape index (κ1) is 18.9. The van der Waals surface area contributed by atoms with Crippen LogP contribution in [-0.4, -0.2) is 38.2 Å². The Morgan fingerprint density at radius 2 is 1.96 bits per heavy atom. The maximum atomic E-state index is 6.22. The molecule has 26 heavy (non-hydrogen) atoms. The minimum atomic E-state index is 0.703. The summed E-state index contributed by atoms with van der Waals surface area (Å²) < 4.78 is 2.10. The van der Waals surface area contributed by atoms with Crippen molar-refractivity contribution in [3.63, 3.8) is 0 Å². The van der Waals surface area contributed by atoms with E-state index in [-0.39, 0.29) is 0 Å². The molecule has 2 heterocycles. The van der Waals surface area contributed by atoms with E-state index in [1.807, 2.05) is 48.8 Å². The average Bonchev–Trinajstić information content (AvgIpc) is 3.03. The zero-order valence-corrected chi connectivity index (χ0v) is 16.5. The third kappa shape index (κ3) is 4.84. The topological polar surface area (TPSA) is 46.8 Å². The van der Waals surface area contributed by atoms with Crippen molar-refractivity contribution in [3.8, 4) is 5.69 Å². The fraction of sp³-hybridized carbons (Fsp3) is 0.316. The molecule has 0 amide bonds.